The Morgan fingerprint density at radius 2 is 1.84 bits per heavy atom. The average Bonchev–Trinajstić information content (AvgIpc) is 2.43. The average molecular weight is 285 g/mol. The summed E-state index contributed by atoms with van der Waals surface area (Å²) in [6.45, 7) is 2.17. The van der Waals surface area contributed by atoms with E-state index >= 15 is 0 Å². The molecule has 0 heterocycles. The minimum Gasteiger partial charge on any atom is -0.493 e. The van der Waals surface area contributed by atoms with Crippen molar-refractivity contribution in [1.29, 1.82) is 0 Å². The van der Waals surface area contributed by atoms with E-state index in [4.69, 9.17) is 9.47 Å². The van der Waals surface area contributed by atoms with Crippen molar-refractivity contribution in [1.82, 2.24) is 4.31 Å². The fourth-order valence-electron chi connectivity index (χ4n) is 1.51. The molecule has 0 unspecified atom stereocenters. The van der Waals surface area contributed by atoms with Gasteiger partial charge in [0.2, 0.25) is 10.0 Å². The summed E-state index contributed by atoms with van der Waals surface area (Å²) in [5.74, 6) is 0.889. The van der Waals surface area contributed by atoms with E-state index in [1.807, 2.05) is 6.92 Å². The minimum atomic E-state index is -3.52. The fourth-order valence-corrected chi connectivity index (χ4v) is 2.65. The van der Waals surface area contributed by atoms with Gasteiger partial charge in [0.15, 0.2) is 11.5 Å². The monoisotopic (exact) mass is 285 g/mol. The van der Waals surface area contributed by atoms with Crippen LogP contribution in [0.25, 0.3) is 0 Å². The predicted molar refractivity (Wildman–Crippen MR) is 74.2 cm³/mol. The second-order valence-corrected chi connectivity index (χ2v) is 5.92. The van der Waals surface area contributed by atoms with Gasteiger partial charge in [-0.2, -0.15) is 4.31 Å². The van der Waals surface area contributed by atoms with Gasteiger partial charge in [-0.15, -0.1) is 0 Å². The van der Waals surface area contributed by atoms with E-state index in [9.17, 15) is 8.42 Å². The summed E-state index contributed by atoms with van der Waals surface area (Å²) in [6, 6.07) is 4.54. The van der Waals surface area contributed by atoms with Gasteiger partial charge in [0.1, 0.15) is 0 Å². The van der Waals surface area contributed by atoms with Gasteiger partial charge >= 0.3 is 0 Å². The van der Waals surface area contributed by atoms with Crippen LogP contribution in [-0.2, 0) is 10.0 Å². The van der Waals surface area contributed by atoms with E-state index < -0.39 is 10.0 Å². The first-order valence-corrected chi connectivity index (χ1v) is 7.21. The first-order valence-electron chi connectivity index (χ1n) is 5.77. The number of hydrogen-bond donors (Lipinski definition) is 0. The first-order chi connectivity index (χ1) is 8.97. The van der Waals surface area contributed by atoms with Gasteiger partial charge in [0, 0.05) is 19.7 Å². The highest BCUT2D eigenvalue weighted by atomic mass is 32.2. The second-order valence-electron chi connectivity index (χ2n) is 3.87. The maximum atomic E-state index is 12.3. The van der Waals surface area contributed by atoms with Gasteiger partial charge in [-0.25, -0.2) is 8.42 Å². The lowest BCUT2D eigenvalue weighted by Crippen LogP contribution is -2.27. The zero-order valence-electron chi connectivity index (χ0n) is 11.6. The molecule has 0 bridgehead atoms. The molecule has 0 aliphatic carbocycles. The van der Waals surface area contributed by atoms with Crippen LogP contribution in [0.15, 0.2) is 35.2 Å². The van der Waals surface area contributed by atoms with E-state index in [0.717, 1.165) is 0 Å². The summed E-state index contributed by atoms with van der Waals surface area (Å²) in [7, 11) is 0.986. The molecule has 5 nitrogen and oxygen atoms in total. The number of nitrogens with zero attached hydrogens (tertiary/aromatic N) is 1. The number of methoxy groups -OCH3 is 2. The predicted octanol–water partition coefficient (Wildman–Crippen LogP) is 1.90. The van der Waals surface area contributed by atoms with E-state index in [1.165, 1.54) is 37.7 Å². The Kier molecular flexibility index (Phi) is 5.38. The molecule has 0 aliphatic heterocycles. The van der Waals surface area contributed by atoms with Crippen molar-refractivity contribution >= 4 is 10.0 Å². The standard InChI is InChI=1S/C13H19NO4S/c1-5-6-9-14(2)19(15,16)11-7-8-12(17-3)13(10-11)18-4/h5-8,10H,9H2,1-4H3. The maximum Gasteiger partial charge on any atom is 0.243 e. The van der Waals surface area contributed by atoms with Gasteiger partial charge in [-0.3, -0.25) is 0 Å². The normalized spacial score (nSPS) is 12.1. The Labute approximate surface area is 114 Å². The number of rotatable bonds is 6. The molecule has 1 aromatic rings. The third-order valence-corrected chi connectivity index (χ3v) is 4.48. The zero-order valence-corrected chi connectivity index (χ0v) is 12.4. The van der Waals surface area contributed by atoms with Crippen LogP contribution in [0.2, 0.25) is 0 Å². The van der Waals surface area contributed by atoms with Crippen molar-refractivity contribution in [3.8, 4) is 11.5 Å². The molecule has 0 fully saturated rings. The van der Waals surface area contributed by atoms with Crippen LogP contribution in [0, 0.1) is 0 Å². The molecule has 1 rings (SSSR count). The lowest BCUT2D eigenvalue weighted by molar-refractivity contribution is 0.353. The summed E-state index contributed by atoms with van der Waals surface area (Å²) >= 11 is 0. The van der Waals surface area contributed by atoms with Crippen LogP contribution < -0.4 is 9.47 Å². The summed E-state index contributed by atoms with van der Waals surface area (Å²) < 4.78 is 36.1. The quantitative estimate of drug-likeness (QED) is 0.749. The van der Waals surface area contributed by atoms with Crippen molar-refractivity contribution in [2.24, 2.45) is 0 Å². The Hall–Kier alpha value is -1.53. The Morgan fingerprint density at radius 1 is 1.21 bits per heavy atom. The van der Waals surface area contributed by atoms with Crippen LogP contribution in [0.4, 0.5) is 0 Å². The largest absolute Gasteiger partial charge is 0.493 e. The van der Waals surface area contributed by atoms with Crippen LogP contribution in [0.5, 0.6) is 11.5 Å². The Balaban J connectivity index is 3.14. The smallest absolute Gasteiger partial charge is 0.243 e. The number of allylic oxidation sites excluding steroid dienone is 1. The van der Waals surface area contributed by atoms with Crippen LogP contribution in [0.3, 0.4) is 0 Å². The Morgan fingerprint density at radius 3 is 2.37 bits per heavy atom. The summed E-state index contributed by atoms with van der Waals surface area (Å²) in [6.07, 6.45) is 3.58. The molecule has 1 aromatic carbocycles. The van der Waals surface area contributed by atoms with Crippen LogP contribution in [0.1, 0.15) is 6.92 Å². The highest BCUT2D eigenvalue weighted by Crippen LogP contribution is 2.30. The zero-order chi connectivity index (χ0) is 14.5. The van der Waals surface area contributed by atoms with Gasteiger partial charge in [0.05, 0.1) is 19.1 Å². The highest BCUT2D eigenvalue weighted by molar-refractivity contribution is 7.89. The highest BCUT2D eigenvalue weighted by Gasteiger charge is 2.21. The topological polar surface area (TPSA) is 55.8 Å². The first kappa shape index (κ1) is 15.5. The molecule has 0 radical (unpaired) electrons. The molecule has 19 heavy (non-hydrogen) atoms. The SMILES string of the molecule is CC=CCN(C)S(=O)(=O)c1ccc(OC)c(OC)c1. The van der Waals surface area contributed by atoms with Crippen molar-refractivity contribution in [3.63, 3.8) is 0 Å². The third-order valence-electron chi connectivity index (χ3n) is 2.66. The van der Waals surface area contributed by atoms with E-state index in [-0.39, 0.29) is 4.90 Å². The molecule has 0 saturated carbocycles. The van der Waals surface area contributed by atoms with Crippen molar-refractivity contribution in [2.45, 2.75) is 11.8 Å². The van der Waals surface area contributed by atoms with Crippen LogP contribution in [-0.4, -0.2) is 40.5 Å². The van der Waals surface area contributed by atoms with E-state index in [0.29, 0.717) is 18.0 Å². The second kappa shape index (κ2) is 6.58. The molecule has 0 amide bonds. The van der Waals surface area contributed by atoms with E-state index in [1.54, 1.807) is 18.2 Å². The lowest BCUT2D eigenvalue weighted by Gasteiger charge is -2.16. The number of likely N-dealkylation sites (N-methyl/N-ethyl adjacent to an activating group) is 1. The van der Waals surface area contributed by atoms with Gasteiger partial charge < -0.3 is 9.47 Å². The van der Waals surface area contributed by atoms with E-state index in [2.05, 4.69) is 0 Å². The van der Waals surface area contributed by atoms with Gasteiger partial charge in [-0.05, 0) is 19.1 Å². The summed E-state index contributed by atoms with van der Waals surface area (Å²) in [5, 5.41) is 0. The molecule has 0 spiro atoms. The molecule has 0 saturated heterocycles. The number of sulfonamides is 1. The minimum absolute atomic E-state index is 0.178. The van der Waals surface area contributed by atoms with Crippen LogP contribution >= 0.6 is 0 Å². The maximum absolute atomic E-state index is 12.3. The lowest BCUT2D eigenvalue weighted by atomic mass is 10.3. The molecule has 0 aliphatic rings. The molecule has 0 N–H and O–H groups in total. The molecule has 6 heteroatoms. The molecule has 0 atom stereocenters. The molecule has 0 aromatic heterocycles. The van der Waals surface area contributed by atoms with Crippen molar-refractivity contribution < 1.29 is 17.9 Å². The number of ether oxygens (including phenoxy) is 2. The fraction of sp³-hybridized carbons (Fsp3) is 0.385. The number of hydrogen-bond acceptors (Lipinski definition) is 4. The number of benzene rings is 1. The van der Waals surface area contributed by atoms with Crippen molar-refractivity contribution in [3.05, 3.63) is 30.4 Å². The summed E-state index contributed by atoms with van der Waals surface area (Å²) in [5.41, 5.74) is 0. The third kappa shape index (κ3) is 3.48. The summed E-state index contributed by atoms with van der Waals surface area (Å²) in [4.78, 5) is 0.178. The molecule has 106 valence electrons. The van der Waals surface area contributed by atoms with Gasteiger partial charge in [-0.1, -0.05) is 12.2 Å². The Bertz CT molecular complexity index is 552. The molecular weight excluding hydrogens is 266 g/mol. The van der Waals surface area contributed by atoms with Crippen molar-refractivity contribution in [2.75, 3.05) is 27.8 Å². The molecular formula is C13H19NO4S. The van der Waals surface area contributed by atoms with Gasteiger partial charge in [0.25, 0.3) is 0 Å².